The van der Waals surface area contributed by atoms with E-state index in [1.54, 1.807) is 31.2 Å². The molecule has 1 aromatic rings. The van der Waals surface area contributed by atoms with Crippen molar-refractivity contribution in [2.75, 3.05) is 13.1 Å². The molecule has 6 nitrogen and oxygen atoms in total. The zero-order valence-corrected chi connectivity index (χ0v) is 12.0. The van der Waals surface area contributed by atoms with E-state index in [2.05, 4.69) is 5.32 Å². The molecule has 112 valence electrons. The third-order valence-electron chi connectivity index (χ3n) is 3.28. The quantitative estimate of drug-likeness (QED) is 0.747. The Morgan fingerprint density at radius 2 is 1.81 bits per heavy atom. The summed E-state index contributed by atoms with van der Waals surface area (Å²) in [6.45, 7) is 2.48. The van der Waals surface area contributed by atoms with Crippen molar-refractivity contribution < 1.29 is 14.4 Å². The van der Waals surface area contributed by atoms with Gasteiger partial charge in [0.2, 0.25) is 5.91 Å². The Labute approximate surface area is 123 Å². The van der Waals surface area contributed by atoms with Gasteiger partial charge in [-0.2, -0.15) is 0 Å². The highest BCUT2D eigenvalue weighted by molar-refractivity contribution is 6.21. The van der Waals surface area contributed by atoms with Gasteiger partial charge in [0.25, 0.3) is 11.8 Å². The first kappa shape index (κ1) is 15.2. The van der Waals surface area contributed by atoms with Crippen molar-refractivity contribution in [1.29, 1.82) is 0 Å². The predicted octanol–water partition coefficient (Wildman–Crippen LogP) is 0.526. The fraction of sp³-hybridized carbons (Fsp3) is 0.400. The minimum absolute atomic E-state index is 0.0924. The molecule has 1 atom stereocenters. The molecule has 1 aromatic carbocycles. The van der Waals surface area contributed by atoms with Gasteiger partial charge in [0, 0.05) is 25.6 Å². The molecule has 6 heteroatoms. The summed E-state index contributed by atoms with van der Waals surface area (Å²) >= 11 is 0. The normalized spacial score (nSPS) is 15.0. The number of nitrogens with two attached hydrogens (primary N) is 1. The monoisotopic (exact) mass is 289 g/mol. The van der Waals surface area contributed by atoms with E-state index in [9.17, 15) is 14.4 Å². The summed E-state index contributed by atoms with van der Waals surface area (Å²) in [7, 11) is 0. The molecule has 1 aliphatic heterocycles. The maximum atomic E-state index is 12.1. The maximum Gasteiger partial charge on any atom is 0.261 e. The lowest BCUT2D eigenvalue weighted by atomic mass is 10.1. The van der Waals surface area contributed by atoms with Gasteiger partial charge < -0.3 is 11.1 Å². The lowest BCUT2D eigenvalue weighted by Gasteiger charge is -2.13. The van der Waals surface area contributed by atoms with Crippen LogP contribution in [0.15, 0.2) is 24.3 Å². The molecule has 0 bridgehead atoms. The molecule has 0 saturated carbocycles. The predicted molar refractivity (Wildman–Crippen MR) is 77.7 cm³/mol. The second-order valence-corrected chi connectivity index (χ2v) is 5.19. The van der Waals surface area contributed by atoms with Gasteiger partial charge in [0.05, 0.1) is 11.1 Å². The summed E-state index contributed by atoms with van der Waals surface area (Å²) in [5.41, 5.74) is 6.41. The van der Waals surface area contributed by atoms with Crippen LogP contribution in [0.2, 0.25) is 0 Å². The Kier molecular flexibility index (Phi) is 4.70. The van der Waals surface area contributed by atoms with Crippen molar-refractivity contribution >= 4 is 17.7 Å². The summed E-state index contributed by atoms with van der Waals surface area (Å²) in [6, 6.07) is 6.66. The lowest BCUT2D eigenvalue weighted by Crippen LogP contribution is -2.36. The molecule has 0 spiro atoms. The summed E-state index contributed by atoms with van der Waals surface area (Å²) in [4.78, 5) is 36.9. The summed E-state index contributed by atoms with van der Waals surface area (Å²) in [5.74, 6) is -0.693. The van der Waals surface area contributed by atoms with Crippen LogP contribution in [0.5, 0.6) is 0 Å². The van der Waals surface area contributed by atoms with Gasteiger partial charge in [-0.1, -0.05) is 12.1 Å². The van der Waals surface area contributed by atoms with Crippen LogP contribution in [0.1, 0.15) is 40.5 Å². The molecule has 3 N–H and O–H groups in total. The molecule has 0 aromatic heterocycles. The third kappa shape index (κ3) is 3.46. The number of carbonyl (C=O) groups is 3. The number of hydrogen-bond acceptors (Lipinski definition) is 4. The molecule has 0 saturated heterocycles. The Morgan fingerprint density at radius 1 is 1.24 bits per heavy atom. The van der Waals surface area contributed by atoms with Crippen molar-refractivity contribution in [1.82, 2.24) is 10.2 Å². The standard InChI is InChI=1S/C15H19N3O3/c1-10(16)9-17-13(19)7-4-8-18-14(20)11-5-2-3-6-12(11)15(18)21/h2-3,5-6,10H,4,7-9,16H2,1H3,(H,17,19). The Balaban J connectivity index is 1.84. The molecule has 21 heavy (non-hydrogen) atoms. The second-order valence-electron chi connectivity index (χ2n) is 5.19. The van der Waals surface area contributed by atoms with Gasteiger partial charge in [-0.15, -0.1) is 0 Å². The first-order valence-electron chi connectivity index (χ1n) is 6.98. The van der Waals surface area contributed by atoms with Gasteiger partial charge >= 0.3 is 0 Å². The van der Waals surface area contributed by atoms with Crippen molar-refractivity contribution in [3.63, 3.8) is 0 Å². The van der Waals surface area contributed by atoms with Gasteiger partial charge in [-0.25, -0.2) is 0 Å². The number of nitrogens with one attached hydrogen (secondary N) is 1. The Hall–Kier alpha value is -2.21. The molecule has 0 aliphatic carbocycles. The zero-order chi connectivity index (χ0) is 15.4. The van der Waals surface area contributed by atoms with E-state index < -0.39 is 0 Å². The average molecular weight is 289 g/mol. The molecule has 1 unspecified atom stereocenters. The van der Waals surface area contributed by atoms with E-state index in [4.69, 9.17) is 5.73 Å². The number of imide groups is 1. The highest BCUT2D eigenvalue weighted by Gasteiger charge is 2.34. The molecule has 0 radical (unpaired) electrons. The number of benzene rings is 1. The van der Waals surface area contributed by atoms with Gasteiger partial charge in [0.15, 0.2) is 0 Å². The molecular weight excluding hydrogens is 270 g/mol. The summed E-state index contributed by atoms with van der Waals surface area (Å²) in [5, 5.41) is 2.69. The van der Waals surface area contributed by atoms with Crippen molar-refractivity contribution in [2.24, 2.45) is 5.73 Å². The van der Waals surface area contributed by atoms with Crippen molar-refractivity contribution in [2.45, 2.75) is 25.8 Å². The van der Waals surface area contributed by atoms with E-state index in [-0.39, 0.29) is 36.7 Å². The molecule has 1 heterocycles. The topological polar surface area (TPSA) is 92.5 Å². The van der Waals surface area contributed by atoms with E-state index >= 15 is 0 Å². The van der Waals surface area contributed by atoms with Crippen LogP contribution >= 0.6 is 0 Å². The Bertz CT molecular complexity index is 534. The van der Waals surface area contributed by atoms with E-state index in [1.807, 2.05) is 0 Å². The van der Waals surface area contributed by atoms with Gasteiger partial charge in [-0.3, -0.25) is 19.3 Å². The SMILES string of the molecule is CC(N)CNC(=O)CCCN1C(=O)c2ccccc2C1=O. The van der Waals surface area contributed by atoms with Gasteiger partial charge in [0.1, 0.15) is 0 Å². The van der Waals surface area contributed by atoms with Crippen LogP contribution in [0.25, 0.3) is 0 Å². The number of fused-ring (bicyclic) bond motifs is 1. The summed E-state index contributed by atoms with van der Waals surface area (Å²) < 4.78 is 0. The van der Waals surface area contributed by atoms with Crippen molar-refractivity contribution in [3.8, 4) is 0 Å². The minimum Gasteiger partial charge on any atom is -0.355 e. The Morgan fingerprint density at radius 3 is 2.33 bits per heavy atom. The number of nitrogens with zero attached hydrogens (tertiary/aromatic N) is 1. The second kappa shape index (κ2) is 6.49. The van der Waals surface area contributed by atoms with Crippen LogP contribution in [-0.2, 0) is 4.79 Å². The first-order valence-corrected chi connectivity index (χ1v) is 6.98. The van der Waals surface area contributed by atoms with Crippen LogP contribution in [-0.4, -0.2) is 41.8 Å². The first-order chi connectivity index (χ1) is 10.0. The largest absolute Gasteiger partial charge is 0.355 e. The highest BCUT2D eigenvalue weighted by Crippen LogP contribution is 2.22. The smallest absolute Gasteiger partial charge is 0.261 e. The van der Waals surface area contributed by atoms with Crippen LogP contribution < -0.4 is 11.1 Å². The number of hydrogen-bond donors (Lipinski definition) is 2. The van der Waals surface area contributed by atoms with Crippen LogP contribution in [0, 0.1) is 0 Å². The van der Waals surface area contributed by atoms with Crippen LogP contribution in [0.3, 0.4) is 0 Å². The molecular formula is C15H19N3O3. The number of carbonyl (C=O) groups excluding carboxylic acids is 3. The van der Waals surface area contributed by atoms with E-state index in [0.717, 1.165) is 0 Å². The average Bonchev–Trinajstić information content (AvgIpc) is 2.70. The molecule has 0 fully saturated rings. The number of amides is 3. The zero-order valence-electron chi connectivity index (χ0n) is 12.0. The van der Waals surface area contributed by atoms with E-state index in [0.29, 0.717) is 24.1 Å². The third-order valence-corrected chi connectivity index (χ3v) is 3.28. The molecule has 2 rings (SSSR count). The number of rotatable bonds is 6. The maximum absolute atomic E-state index is 12.1. The van der Waals surface area contributed by atoms with Gasteiger partial charge in [-0.05, 0) is 25.5 Å². The van der Waals surface area contributed by atoms with E-state index in [1.165, 1.54) is 4.90 Å². The fourth-order valence-electron chi connectivity index (χ4n) is 2.20. The fourth-order valence-corrected chi connectivity index (χ4v) is 2.20. The minimum atomic E-state index is -0.286. The molecule has 3 amide bonds. The molecule has 1 aliphatic rings. The van der Waals surface area contributed by atoms with Crippen LogP contribution in [0.4, 0.5) is 0 Å². The lowest BCUT2D eigenvalue weighted by molar-refractivity contribution is -0.121. The summed E-state index contributed by atoms with van der Waals surface area (Å²) in [6.07, 6.45) is 0.705. The van der Waals surface area contributed by atoms with Crippen molar-refractivity contribution in [3.05, 3.63) is 35.4 Å². The highest BCUT2D eigenvalue weighted by atomic mass is 16.2.